The molecule has 2 atom stereocenters. The van der Waals surface area contributed by atoms with Crippen molar-refractivity contribution in [3.05, 3.63) is 53.2 Å². The van der Waals surface area contributed by atoms with Crippen LogP contribution in [-0.4, -0.2) is 51.1 Å². The number of phenolic OH excluding ortho intramolecular Hbond substituents is 2. The number of carbonyl (C=O) groups excluding carboxylic acids is 2. The van der Waals surface area contributed by atoms with E-state index in [1.165, 1.54) is 18.1 Å². The molecule has 2 aliphatic heterocycles. The number of ether oxygens (including phenoxy) is 1. The second kappa shape index (κ2) is 6.69. The molecular formula is C22H21N3O5. The number of H-pyrrole nitrogens is 1. The number of nitrogens with zero attached hydrogens (tertiary/aromatic N) is 1. The molecule has 0 spiro atoms. The molecule has 2 amide bonds. The second-order valence-electron chi connectivity index (χ2n) is 7.73. The van der Waals surface area contributed by atoms with E-state index in [2.05, 4.69) is 10.3 Å². The van der Waals surface area contributed by atoms with E-state index in [4.69, 9.17) is 4.74 Å². The van der Waals surface area contributed by atoms with E-state index in [9.17, 15) is 19.8 Å². The molecule has 3 heterocycles. The molecule has 2 unspecified atom stereocenters. The van der Waals surface area contributed by atoms with Gasteiger partial charge in [-0.15, -0.1) is 0 Å². The van der Waals surface area contributed by atoms with E-state index in [0.29, 0.717) is 17.5 Å². The predicted molar refractivity (Wildman–Crippen MR) is 108 cm³/mol. The fourth-order valence-electron chi connectivity index (χ4n) is 4.54. The van der Waals surface area contributed by atoms with Crippen molar-refractivity contribution in [2.75, 3.05) is 7.11 Å². The summed E-state index contributed by atoms with van der Waals surface area (Å²) in [5.74, 6) is -0.849. The van der Waals surface area contributed by atoms with Crippen molar-refractivity contribution in [2.24, 2.45) is 0 Å². The number of methoxy groups -OCH3 is 1. The number of para-hydroxylation sites is 1. The summed E-state index contributed by atoms with van der Waals surface area (Å²) in [4.78, 5) is 30.8. The minimum absolute atomic E-state index is 0.0311. The molecule has 1 fully saturated rings. The highest BCUT2D eigenvalue weighted by atomic mass is 16.5. The Hall–Kier alpha value is -3.68. The van der Waals surface area contributed by atoms with Crippen LogP contribution in [0, 0.1) is 0 Å². The first-order chi connectivity index (χ1) is 14.5. The predicted octanol–water partition coefficient (Wildman–Crippen LogP) is 1.58. The molecule has 3 aromatic rings. The van der Waals surface area contributed by atoms with Crippen LogP contribution < -0.4 is 10.1 Å². The quantitative estimate of drug-likeness (QED) is 0.526. The highest BCUT2D eigenvalue weighted by Crippen LogP contribution is 2.43. The maximum Gasteiger partial charge on any atom is 0.246 e. The zero-order valence-electron chi connectivity index (χ0n) is 16.3. The lowest BCUT2D eigenvalue weighted by Crippen LogP contribution is -2.65. The summed E-state index contributed by atoms with van der Waals surface area (Å²) in [5.41, 5.74) is 3.05. The number of amides is 2. The molecule has 1 saturated heterocycles. The Bertz CT molecular complexity index is 1180. The normalized spacial score (nSPS) is 20.6. The van der Waals surface area contributed by atoms with E-state index in [1.807, 2.05) is 30.5 Å². The summed E-state index contributed by atoms with van der Waals surface area (Å²) in [6.07, 6.45) is 2.45. The fraction of sp³-hybridized carbons (Fsp3) is 0.273. The van der Waals surface area contributed by atoms with Crippen molar-refractivity contribution in [2.45, 2.75) is 31.5 Å². The Labute approximate surface area is 172 Å². The molecule has 0 radical (unpaired) electrons. The van der Waals surface area contributed by atoms with E-state index in [1.54, 1.807) is 0 Å². The van der Waals surface area contributed by atoms with Crippen LogP contribution in [0.4, 0.5) is 0 Å². The Balaban J connectivity index is 1.46. The molecule has 8 nitrogen and oxygen atoms in total. The summed E-state index contributed by atoms with van der Waals surface area (Å²) < 4.78 is 5.07. The van der Waals surface area contributed by atoms with Gasteiger partial charge in [0.25, 0.3) is 0 Å². The average Bonchev–Trinajstić information content (AvgIpc) is 3.14. The molecule has 8 heteroatoms. The number of phenols is 2. The van der Waals surface area contributed by atoms with Crippen molar-refractivity contribution in [3.63, 3.8) is 0 Å². The zero-order valence-corrected chi connectivity index (χ0v) is 16.3. The number of aromatic nitrogens is 1. The number of piperazine rings is 1. The van der Waals surface area contributed by atoms with Gasteiger partial charge in [0.15, 0.2) is 11.5 Å². The van der Waals surface area contributed by atoms with Crippen molar-refractivity contribution in [1.29, 1.82) is 0 Å². The van der Waals surface area contributed by atoms with E-state index in [0.717, 1.165) is 16.5 Å². The molecular weight excluding hydrogens is 386 g/mol. The Morgan fingerprint density at radius 1 is 1.23 bits per heavy atom. The van der Waals surface area contributed by atoms with Gasteiger partial charge in [0.05, 0.1) is 13.7 Å². The topological polar surface area (TPSA) is 115 Å². The maximum absolute atomic E-state index is 13.2. The minimum Gasteiger partial charge on any atom is -0.504 e. The van der Waals surface area contributed by atoms with Crippen LogP contribution in [0.3, 0.4) is 0 Å². The monoisotopic (exact) mass is 407 g/mol. The Kier molecular flexibility index (Phi) is 4.09. The molecule has 1 aromatic heterocycles. The Morgan fingerprint density at radius 2 is 2.03 bits per heavy atom. The van der Waals surface area contributed by atoms with Crippen molar-refractivity contribution >= 4 is 22.7 Å². The standard InChI is InChI=1S/C22H21N3O5/c1-30-20-18(26)8-11-7-17-21(28)24-16(22(29)25(17)10-14(11)19(20)27)6-12-9-23-15-5-3-2-4-13(12)15/h2-5,8-9,16-17,23,26-27H,6-7,10H2,1H3,(H,24,28). The summed E-state index contributed by atoms with van der Waals surface area (Å²) in [5, 5.41) is 24.5. The molecule has 5 rings (SSSR count). The van der Waals surface area contributed by atoms with Gasteiger partial charge in [-0.1, -0.05) is 18.2 Å². The number of carbonyl (C=O) groups is 2. The van der Waals surface area contributed by atoms with Gasteiger partial charge in [-0.25, -0.2) is 0 Å². The van der Waals surface area contributed by atoms with Gasteiger partial charge >= 0.3 is 0 Å². The third kappa shape index (κ3) is 2.67. The minimum atomic E-state index is -0.685. The average molecular weight is 407 g/mol. The first kappa shape index (κ1) is 18.4. The van der Waals surface area contributed by atoms with E-state index >= 15 is 0 Å². The third-order valence-corrected chi connectivity index (χ3v) is 6.05. The molecule has 2 aromatic carbocycles. The molecule has 2 aliphatic rings. The van der Waals surface area contributed by atoms with Crippen molar-refractivity contribution in [3.8, 4) is 17.2 Å². The summed E-state index contributed by atoms with van der Waals surface area (Å²) in [6.45, 7) is 0.0825. The van der Waals surface area contributed by atoms with Crippen LogP contribution >= 0.6 is 0 Å². The van der Waals surface area contributed by atoms with Crippen LogP contribution in [0.2, 0.25) is 0 Å². The van der Waals surface area contributed by atoms with E-state index in [-0.39, 0.29) is 42.0 Å². The molecule has 0 aliphatic carbocycles. The largest absolute Gasteiger partial charge is 0.504 e. The number of hydrogen-bond acceptors (Lipinski definition) is 5. The zero-order chi connectivity index (χ0) is 21.0. The molecule has 0 bridgehead atoms. The van der Waals surface area contributed by atoms with Gasteiger partial charge in [-0.2, -0.15) is 0 Å². The van der Waals surface area contributed by atoms with Gasteiger partial charge in [-0.3, -0.25) is 9.59 Å². The van der Waals surface area contributed by atoms with Gasteiger partial charge in [0.1, 0.15) is 12.1 Å². The number of rotatable bonds is 3. The first-order valence-electron chi connectivity index (χ1n) is 9.74. The van der Waals surface area contributed by atoms with Gasteiger partial charge < -0.3 is 30.2 Å². The number of hydrogen-bond donors (Lipinski definition) is 4. The number of fused-ring (bicyclic) bond motifs is 3. The number of aromatic hydroxyl groups is 2. The number of aromatic amines is 1. The van der Waals surface area contributed by atoms with Gasteiger partial charge in [-0.05, 0) is 23.3 Å². The van der Waals surface area contributed by atoms with Gasteiger partial charge in [0.2, 0.25) is 17.6 Å². The highest BCUT2D eigenvalue weighted by molar-refractivity contribution is 5.98. The lowest BCUT2D eigenvalue weighted by Gasteiger charge is -2.42. The molecule has 0 saturated carbocycles. The van der Waals surface area contributed by atoms with E-state index < -0.39 is 12.1 Å². The highest BCUT2D eigenvalue weighted by Gasteiger charge is 2.44. The van der Waals surface area contributed by atoms with Crippen LogP contribution in [0.25, 0.3) is 10.9 Å². The summed E-state index contributed by atoms with van der Waals surface area (Å²) in [7, 11) is 1.35. The SMILES string of the molecule is COc1c(O)cc2c(c1O)CN1C(=O)C(Cc3c[nH]c4ccccc34)NC(=O)C1C2. The molecule has 30 heavy (non-hydrogen) atoms. The lowest BCUT2D eigenvalue weighted by molar-refractivity contribution is -0.150. The van der Waals surface area contributed by atoms with Crippen LogP contribution in [0.1, 0.15) is 16.7 Å². The maximum atomic E-state index is 13.2. The fourth-order valence-corrected chi connectivity index (χ4v) is 4.54. The van der Waals surface area contributed by atoms with Crippen LogP contribution in [0.15, 0.2) is 36.5 Å². The first-order valence-corrected chi connectivity index (χ1v) is 9.74. The van der Waals surface area contributed by atoms with Crippen molar-refractivity contribution < 1.29 is 24.5 Å². The number of nitrogens with one attached hydrogen (secondary N) is 2. The van der Waals surface area contributed by atoms with Gasteiger partial charge in [0, 0.05) is 35.5 Å². The Morgan fingerprint density at radius 3 is 2.83 bits per heavy atom. The second-order valence-corrected chi connectivity index (χ2v) is 7.73. The van der Waals surface area contributed by atoms with Crippen LogP contribution in [0.5, 0.6) is 17.2 Å². The lowest BCUT2D eigenvalue weighted by atomic mass is 9.89. The molecule has 4 N–H and O–H groups in total. The van der Waals surface area contributed by atoms with Crippen LogP contribution in [-0.2, 0) is 29.0 Å². The van der Waals surface area contributed by atoms with Crippen molar-refractivity contribution in [1.82, 2.24) is 15.2 Å². The summed E-state index contributed by atoms with van der Waals surface area (Å²) >= 11 is 0. The molecule has 154 valence electrons. The smallest absolute Gasteiger partial charge is 0.246 e. The third-order valence-electron chi connectivity index (χ3n) is 6.05. The number of benzene rings is 2. The summed E-state index contributed by atoms with van der Waals surface area (Å²) in [6, 6.07) is 7.94.